The Morgan fingerprint density at radius 3 is 2.61 bits per heavy atom. The highest BCUT2D eigenvalue weighted by atomic mass is 16.5. The summed E-state index contributed by atoms with van der Waals surface area (Å²) in [6, 6.07) is 5.84. The quantitative estimate of drug-likeness (QED) is 0.865. The smallest absolute Gasteiger partial charge is 0.151 e. The van der Waals surface area contributed by atoms with Crippen molar-refractivity contribution >= 4 is 17.3 Å². The van der Waals surface area contributed by atoms with Crippen molar-refractivity contribution in [1.82, 2.24) is 9.97 Å². The van der Waals surface area contributed by atoms with Crippen LogP contribution < -0.4 is 15.4 Å². The second-order valence-electron chi connectivity index (χ2n) is 3.85. The number of nitrogens with zero attached hydrogens (tertiary/aromatic N) is 2. The minimum Gasteiger partial charge on any atom is -0.497 e. The maximum atomic E-state index is 5.17. The number of hydrogen-bond acceptors (Lipinski definition) is 5. The van der Waals surface area contributed by atoms with Crippen molar-refractivity contribution < 1.29 is 4.74 Å². The van der Waals surface area contributed by atoms with Gasteiger partial charge in [-0.2, -0.15) is 0 Å². The monoisotopic (exact) mass is 244 g/mol. The van der Waals surface area contributed by atoms with Crippen molar-refractivity contribution in [3.63, 3.8) is 0 Å². The van der Waals surface area contributed by atoms with Gasteiger partial charge in [-0.1, -0.05) is 0 Å². The summed E-state index contributed by atoms with van der Waals surface area (Å²) < 4.78 is 5.17. The van der Waals surface area contributed by atoms with Crippen molar-refractivity contribution in [3.8, 4) is 5.75 Å². The minimum atomic E-state index is 0.704. The van der Waals surface area contributed by atoms with E-state index in [0.717, 1.165) is 22.8 Å². The molecule has 0 atom stereocenters. The molecule has 5 nitrogen and oxygen atoms in total. The van der Waals surface area contributed by atoms with Crippen LogP contribution in [0.25, 0.3) is 0 Å². The van der Waals surface area contributed by atoms with Gasteiger partial charge in [-0.3, -0.25) is 4.98 Å². The molecule has 2 aromatic rings. The van der Waals surface area contributed by atoms with Gasteiger partial charge in [0.15, 0.2) is 5.82 Å². The predicted octanol–water partition coefficient (Wildman–Crippen LogP) is 2.58. The van der Waals surface area contributed by atoms with Crippen LogP contribution >= 0.6 is 0 Å². The fourth-order valence-electron chi connectivity index (χ4n) is 1.59. The third-order valence-electron chi connectivity index (χ3n) is 2.59. The van der Waals surface area contributed by atoms with Crippen LogP contribution in [0.5, 0.6) is 5.75 Å². The van der Waals surface area contributed by atoms with Crippen molar-refractivity contribution in [2.45, 2.75) is 6.92 Å². The molecule has 94 valence electrons. The van der Waals surface area contributed by atoms with E-state index in [4.69, 9.17) is 4.74 Å². The van der Waals surface area contributed by atoms with E-state index < -0.39 is 0 Å². The maximum absolute atomic E-state index is 5.17. The number of anilines is 3. The summed E-state index contributed by atoms with van der Waals surface area (Å²) in [6.45, 7) is 2.01. The molecule has 0 saturated carbocycles. The van der Waals surface area contributed by atoms with Gasteiger partial charge in [-0.25, -0.2) is 4.98 Å². The maximum Gasteiger partial charge on any atom is 0.151 e. The molecule has 1 aromatic carbocycles. The molecule has 5 heteroatoms. The van der Waals surface area contributed by atoms with Gasteiger partial charge in [0, 0.05) is 12.7 Å². The van der Waals surface area contributed by atoms with Crippen LogP contribution in [0.3, 0.4) is 0 Å². The highest BCUT2D eigenvalue weighted by Gasteiger charge is 2.02. The molecule has 0 unspecified atom stereocenters. The Morgan fingerprint density at radius 1 is 1.17 bits per heavy atom. The summed E-state index contributed by atoms with van der Waals surface area (Å²) in [7, 11) is 3.47. The highest BCUT2D eigenvalue weighted by molar-refractivity contribution is 5.62. The van der Waals surface area contributed by atoms with Crippen LogP contribution in [0.4, 0.5) is 17.3 Å². The van der Waals surface area contributed by atoms with Crippen LogP contribution in [0.1, 0.15) is 5.56 Å². The molecule has 0 aliphatic heterocycles. The molecule has 1 heterocycles. The third kappa shape index (κ3) is 2.68. The average Bonchev–Trinajstić information content (AvgIpc) is 2.41. The van der Waals surface area contributed by atoms with Crippen molar-refractivity contribution in [3.05, 3.63) is 36.2 Å². The van der Waals surface area contributed by atoms with Crippen LogP contribution in [0.15, 0.2) is 30.6 Å². The summed E-state index contributed by atoms with van der Waals surface area (Å²) in [5.74, 6) is 2.27. The topological polar surface area (TPSA) is 59.1 Å². The van der Waals surface area contributed by atoms with Gasteiger partial charge in [0.2, 0.25) is 0 Å². The number of aryl methyl sites for hydroxylation is 1. The Morgan fingerprint density at radius 2 is 1.94 bits per heavy atom. The number of hydrogen-bond donors (Lipinski definition) is 2. The summed E-state index contributed by atoms with van der Waals surface area (Å²) >= 11 is 0. The van der Waals surface area contributed by atoms with Gasteiger partial charge >= 0.3 is 0 Å². The minimum absolute atomic E-state index is 0.704. The lowest BCUT2D eigenvalue weighted by Gasteiger charge is -2.10. The van der Waals surface area contributed by atoms with Gasteiger partial charge in [-0.15, -0.1) is 0 Å². The van der Waals surface area contributed by atoms with Gasteiger partial charge < -0.3 is 15.4 Å². The Hall–Kier alpha value is -2.30. The van der Waals surface area contributed by atoms with E-state index >= 15 is 0 Å². The number of rotatable bonds is 4. The second kappa shape index (κ2) is 5.35. The molecule has 0 spiro atoms. The Labute approximate surface area is 106 Å². The first-order chi connectivity index (χ1) is 8.72. The van der Waals surface area contributed by atoms with Crippen LogP contribution in [-0.2, 0) is 0 Å². The molecule has 0 amide bonds. The lowest BCUT2D eigenvalue weighted by molar-refractivity contribution is 0.414. The third-order valence-corrected chi connectivity index (χ3v) is 2.59. The molecule has 0 aliphatic carbocycles. The fourth-order valence-corrected chi connectivity index (χ4v) is 1.59. The van der Waals surface area contributed by atoms with Crippen molar-refractivity contribution in [2.24, 2.45) is 0 Å². The lowest BCUT2D eigenvalue weighted by atomic mass is 10.2. The predicted molar refractivity (Wildman–Crippen MR) is 72.6 cm³/mol. The first-order valence-electron chi connectivity index (χ1n) is 5.64. The molecule has 1 aromatic heterocycles. The first-order valence-corrected chi connectivity index (χ1v) is 5.64. The molecule has 18 heavy (non-hydrogen) atoms. The SMILES string of the molecule is CNc1cncc(Nc2ccc(OC)cc2C)n1. The van der Waals surface area contributed by atoms with Crippen LogP contribution in [0, 0.1) is 6.92 Å². The number of aromatic nitrogens is 2. The zero-order chi connectivity index (χ0) is 13.0. The molecular formula is C13H16N4O. The summed E-state index contributed by atoms with van der Waals surface area (Å²) in [6.07, 6.45) is 3.36. The van der Waals surface area contributed by atoms with E-state index in [-0.39, 0.29) is 0 Å². The van der Waals surface area contributed by atoms with Gasteiger partial charge in [-0.05, 0) is 30.7 Å². The largest absolute Gasteiger partial charge is 0.497 e. The normalized spacial score (nSPS) is 9.94. The summed E-state index contributed by atoms with van der Waals surface area (Å²) in [4.78, 5) is 8.46. The molecule has 2 N–H and O–H groups in total. The molecule has 0 saturated heterocycles. The molecule has 0 bridgehead atoms. The van der Waals surface area contributed by atoms with Crippen LogP contribution in [0.2, 0.25) is 0 Å². The van der Waals surface area contributed by atoms with E-state index in [1.165, 1.54) is 0 Å². The zero-order valence-corrected chi connectivity index (χ0v) is 10.7. The molecule has 2 rings (SSSR count). The van der Waals surface area contributed by atoms with E-state index in [9.17, 15) is 0 Å². The summed E-state index contributed by atoms with van der Waals surface area (Å²) in [5, 5.41) is 6.18. The zero-order valence-electron chi connectivity index (χ0n) is 10.7. The standard InChI is InChI=1S/C13H16N4O/c1-9-6-10(18-3)4-5-11(9)16-13-8-15-7-12(14-2)17-13/h4-8H,1-3H3,(H2,14,16,17). The molecular weight excluding hydrogens is 228 g/mol. The van der Waals surface area contributed by atoms with Gasteiger partial charge in [0.05, 0.1) is 19.5 Å². The number of ether oxygens (including phenoxy) is 1. The van der Waals surface area contributed by atoms with E-state index in [1.54, 1.807) is 19.5 Å². The molecule has 0 radical (unpaired) electrons. The number of benzene rings is 1. The van der Waals surface area contributed by atoms with E-state index in [1.807, 2.05) is 32.2 Å². The number of nitrogens with one attached hydrogen (secondary N) is 2. The Balaban J connectivity index is 2.22. The molecule has 0 aliphatic rings. The molecule has 0 fully saturated rings. The average molecular weight is 244 g/mol. The lowest BCUT2D eigenvalue weighted by Crippen LogP contribution is -2.00. The summed E-state index contributed by atoms with van der Waals surface area (Å²) in [5.41, 5.74) is 2.07. The first kappa shape index (κ1) is 12.2. The van der Waals surface area contributed by atoms with E-state index in [2.05, 4.69) is 20.6 Å². The van der Waals surface area contributed by atoms with Crippen LogP contribution in [-0.4, -0.2) is 24.1 Å². The van der Waals surface area contributed by atoms with Crippen molar-refractivity contribution in [2.75, 3.05) is 24.8 Å². The van der Waals surface area contributed by atoms with Gasteiger partial charge in [0.1, 0.15) is 11.6 Å². The highest BCUT2D eigenvalue weighted by Crippen LogP contribution is 2.23. The van der Waals surface area contributed by atoms with E-state index in [0.29, 0.717) is 5.82 Å². The number of methoxy groups -OCH3 is 1. The Kier molecular flexibility index (Phi) is 3.62. The van der Waals surface area contributed by atoms with Gasteiger partial charge in [0.25, 0.3) is 0 Å². The second-order valence-corrected chi connectivity index (χ2v) is 3.85. The fraction of sp³-hybridized carbons (Fsp3) is 0.231. The Bertz CT molecular complexity index is 542. The van der Waals surface area contributed by atoms with Crippen molar-refractivity contribution in [1.29, 1.82) is 0 Å².